The van der Waals surface area contributed by atoms with E-state index in [2.05, 4.69) is 4.90 Å². The topological polar surface area (TPSA) is 46.6 Å². The Morgan fingerprint density at radius 1 is 1.40 bits per heavy atom. The zero-order chi connectivity index (χ0) is 10.9. The maximum atomic E-state index is 11.6. The minimum absolute atomic E-state index is 0.124. The maximum absolute atomic E-state index is 11.6. The van der Waals surface area contributed by atoms with Gasteiger partial charge in [0.1, 0.15) is 11.5 Å². The highest BCUT2D eigenvalue weighted by molar-refractivity contribution is 5.84. The Kier molecular flexibility index (Phi) is 2.63. The van der Waals surface area contributed by atoms with Crippen molar-refractivity contribution in [2.75, 3.05) is 20.2 Å². The second-order valence-corrected chi connectivity index (χ2v) is 4.22. The first kappa shape index (κ1) is 10.4. The molecule has 1 heterocycles. The van der Waals surface area contributed by atoms with Gasteiger partial charge in [0.05, 0.1) is 7.11 Å². The van der Waals surface area contributed by atoms with Gasteiger partial charge in [0.15, 0.2) is 0 Å². The summed E-state index contributed by atoms with van der Waals surface area (Å²) in [5, 5.41) is 0. The van der Waals surface area contributed by atoms with E-state index in [1.807, 2.05) is 5.94 Å². The van der Waals surface area contributed by atoms with E-state index in [0.717, 1.165) is 44.3 Å². The van der Waals surface area contributed by atoms with E-state index < -0.39 is 0 Å². The molecule has 0 spiro atoms. The second-order valence-electron chi connectivity index (χ2n) is 4.22. The molecule has 2 aliphatic rings. The van der Waals surface area contributed by atoms with Gasteiger partial charge in [-0.15, -0.1) is 0 Å². The molecule has 82 valence electrons. The number of piperidine rings is 1. The zero-order valence-corrected chi connectivity index (χ0v) is 8.91. The summed E-state index contributed by atoms with van der Waals surface area (Å²) in [7, 11) is 1.43. The Labute approximate surface area is 88.9 Å². The molecule has 4 heteroatoms. The number of carbonyl (C=O) groups excluding carboxylic acids is 2. The van der Waals surface area contributed by atoms with Gasteiger partial charge in [-0.1, -0.05) is 0 Å². The molecule has 1 aliphatic carbocycles. The molecule has 2 fully saturated rings. The van der Waals surface area contributed by atoms with E-state index >= 15 is 0 Å². The van der Waals surface area contributed by atoms with Gasteiger partial charge in [0.25, 0.3) is 0 Å². The summed E-state index contributed by atoms with van der Waals surface area (Å²) >= 11 is 0. The highest BCUT2D eigenvalue weighted by Crippen LogP contribution is 2.44. The number of nitrogens with zero attached hydrogens (tertiary/aromatic N) is 1. The van der Waals surface area contributed by atoms with Gasteiger partial charge in [-0.05, 0) is 25.7 Å². The molecule has 4 nitrogen and oxygen atoms in total. The van der Waals surface area contributed by atoms with Gasteiger partial charge >= 0.3 is 5.97 Å². The summed E-state index contributed by atoms with van der Waals surface area (Å²) in [6, 6.07) is 0. The van der Waals surface area contributed by atoms with Crippen molar-refractivity contribution in [1.82, 2.24) is 4.90 Å². The summed E-state index contributed by atoms with van der Waals surface area (Å²) in [6.07, 6.45) is 3.25. The summed E-state index contributed by atoms with van der Waals surface area (Å²) in [6.45, 7) is 1.55. The molecule has 2 rings (SSSR count). The first-order chi connectivity index (χ1) is 7.23. The van der Waals surface area contributed by atoms with Crippen molar-refractivity contribution in [1.29, 1.82) is 0 Å². The SMILES string of the molecule is COC(=O)C1(N2CCC(=C=O)CC2)CC1. The van der Waals surface area contributed by atoms with Crippen LogP contribution in [0.5, 0.6) is 0 Å². The molecule has 0 aromatic rings. The van der Waals surface area contributed by atoms with E-state index in [0.29, 0.717) is 0 Å². The largest absolute Gasteiger partial charge is 0.468 e. The third kappa shape index (κ3) is 1.71. The lowest BCUT2D eigenvalue weighted by Gasteiger charge is -2.33. The van der Waals surface area contributed by atoms with Crippen LogP contribution in [0, 0.1) is 0 Å². The molecule has 1 saturated carbocycles. The van der Waals surface area contributed by atoms with Crippen LogP contribution >= 0.6 is 0 Å². The number of esters is 1. The van der Waals surface area contributed by atoms with Gasteiger partial charge in [0, 0.05) is 18.7 Å². The Morgan fingerprint density at radius 2 is 2.00 bits per heavy atom. The fraction of sp³-hybridized carbons (Fsp3) is 0.727. The molecule has 1 aliphatic heterocycles. The quantitative estimate of drug-likeness (QED) is 0.492. The van der Waals surface area contributed by atoms with Crippen molar-refractivity contribution in [2.45, 2.75) is 31.2 Å². The molecule has 0 aromatic heterocycles. The van der Waals surface area contributed by atoms with Crippen LogP contribution in [0.1, 0.15) is 25.7 Å². The minimum Gasteiger partial charge on any atom is -0.468 e. The molecule has 0 unspecified atom stereocenters. The normalized spacial score (nSPS) is 24.5. The molecule has 0 aromatic carbocycles. The number of methoxy groups -OCH3 is 1. The van der Waals surface area contributed by atoms with E-state index in [1.54, 1.807) is 0 Å². The van der Waals surface area contributed by atoms with Gasteiger partial charge in [0.2, 0.25) is 0 Å². The first-order valence-corrected chi connectivity index (χ1v) is 5.29. The van der Waals surface area contributed by atoms with Crippen LogP contribution < -0.4 is 0 Å². The van der Waals surface area contributed by atoms with Crippen LogP contribution in [0.4, 0.5) is 0 Å². The first-order valence-electron chi connectivity index (χ1n) is 5.29. The number of carbonyl (C=O) groups is 1. The van der Waals surface area contributed by atoms with Crippen molar-refractivity contribution in [3.8, 4) is 0 Å². The molecule has 0 amide bonds. The van der Waals surface area contributed by atoms with E-state index in [9.17, 15) is 9.59 Å². The number of likely N-dealkylation sites (tertiary alicyclic amines) is 1. The standard InChI is InChI=1S/C11H15NO3/c1-15-10(14)11(4-5-11)12-6-2-9(8-13)3-7-12/h2-7H2,1H3. The van der Waals surface area contributed by atoms with Gasteiger partial charge < -0.3 is 4.74 Å². The Balaban J connectivity index is 2.02. The predicted octanol–water partition coefficient (Wildman–Crippen LogP) is 0.546. The third-order valence-corrected chi connectivity index (χ3v) is 3.41. The second kappa shape index (κ2) is 3.80. The Hall–Kier alpha value is -1.12. The molecule has 0 bridgehead atoms. The zero-order valence-electron chi connectivity index (χ0n) is 8.91. The minimum atomic E-state index is -0.358. The number of hydrogen-bond acceptors (Lipinski definition) is 4. The lowest BCUT2D eigenvalue weighted by molar-refractivity contribution is -0.149. The highest BCUT2D eigenvalue weighted by Gasteiger charge is 2.55. The third-order valence-electron chi connectivity index (χ3n) is 3.41. The van der Waals surface area contributed by atoms with Crippen molar-refractivity contribution in [3.05, 3.63) is 5.57 Å². The molecule has 0 N–H and O–H groups in total. The average Bonchev–Trinajstić information content (AvgIpc) is 3.09. The van der Waals surface area contributed by atoms with E-state index in [-0.39, 0.29) is 11.5 Å². The van der Waals surface area contributed by atoms with Crippen LogP contribution in [-0.2, 0) is 14.3 Å². The van der Waals surface area contributed by atoms with Gasteiger partial charge in [-0.2, -0.15) is 0 Å². The summed E-state index contributed by atoms with van der Waals surface area (Å²) in [5.41, 5.74) is 0.482. The summed E-state index contributed by atoms with van der Waals surface area (Å²) < 4.78 is 4.82. The Morgan fingerprint density at radius 3 is 2.40 bits per heavy atom. The average molecular weight is 209 g/mol. The highest BCUT2D eigenvalue weighted by atomic mass is 16.5. The number of hydrogen-bond donors (Lipinski definition) is 0. The van der Waals surface area contributed by atoms with Crippen molar-refractivity contribution >= 4 is 11.9 Å². The molecular weight excluding hydrogens is 194 g/mol. The maximum Gasteiger partial charge on any atom is 0.326 e. The smallest absolute Gasteiger partial charge is 0.326 e. The molecule has 0 atom stereocenters. The van der Waals surface area contributed by atoms with Gasteiger partial charge in [-0.25, -0.2) is 4.79 Å². The predicted molar refractivity (Wildman–Crippen MR) is 54.0 cm³/mol. The molecular formula is C11H15NO3. The summed E-state index contributed by atoms with van der Waals surface area (Å²) in [4.78, 5) is 24.2. The van der Waals surface area contributed by atoms with E-state index in [4.69, 9.17) is 4.74 Å². The Bertz CT molecular complexity index is 317. The lowest BCUT2D eigenvalue weighted by atomic mass is 10.0. The van der Waals surface area contributed by atoms with Crippen LogP contribution in [0.2, 0.25) is 0 Å². The van der Waals surface area contributed by atoms with Crippen LogP contribution in [0.25, 0.3) is 0 Å². The van der Waals surface area contributed by atoms with Crippen LogP contribution in [0.3, 0.4) is 0 Å². The summed E-state index contributed by atoms with van der Waals surface area (Å²) in [5.74, 6) is 1.84. The number of ether oxygens (including phenoxy) is 1. The fourth-order valence-corrected chi connectivity index (χ4v) is 2.26. The van der Waals surface area contributed by atoms with Crippen LogP contribution in [-0.4, -0.2) is 42.5 Å². The fourth-order valence-electron chi connectivity index (χ4n) is 2.26. The van der Waals surface area contributed by atoms with Crippen molar-refractivity contribution in [3.63, 3.8) is 0 Å². The molecule has 1 saturated heterocycles. The monoisotopic (exact) mass is 209 g/mol. The molecule has 0 radical (unpaired) electrons. The number of rotatable bonds is 2. The van der Waals surface area contributed by atoms with E-state index in [1.165, 1.54) is 7.11 Å². The molecule has 15 heavy (non-hydrogen) atoms. The van der Waals surface area contributed by atoms with Crippen LogP contribution in [0.15, 0.2) is 5.57 Å². The van der Waals surface area contributed by atoms with Crippen molar-refractivity contribution < 1.29 is 14.3 Å². The lowest BCUT2D eigenvalue weighted by Crippen LogP contribution is -2.47. The van der Waals surface area contributed by atoms with Gasteiger partial charge in [-0.3, -0.25) is 9.69 Å². The van der Waals surface area contributed by atoms with Crippen molar-refractivity contribution in [2.24, 2.45) is 0 Å².